The normalized spacial score (nSPS) is 14.4. The molecule has 2 rings (SSSR count). The van der Waals surface area contributed by atoms with Crippen LogP contribution in [0.15, 0.2) is 6.07 Å². The van der Waals surface area contributed by atoms with Crippen molar-refractivity contribution in [2.45, 2.75) is 26.2 Å². The molecule has 0 bridgehead atoms. The number of aromatic nitrogens is 2. The summed E-state index contributed by atoms with van der Waals surface area (Å²) >= 11 is 0. The number of hydrogen-bond acceptors (Lipinski definition) is 5. The molecule has 110 valence electrons. The Balaban J connectivity index is 2.07. The average Bonchev–Trinajstić information content (AvgIpc) is 3.00. The summed E-state index contributed by atoms with van der Waals surface area (Å²) in [5.41, 5.74) is 0. The Kier molecular flexibility index (Phi) is 4.76. The molecule has 1 aromatic rings. The second-order valence-electron chi connectivity index (χ2n) is 5.08. The third-order valence-electron chi connectivity index (χ3n) is 3.55. The van der Waals surface area contributed by atoms with Gasteiger partial charge in [0.15, 0.2) is 0 Å². The standard InChI is InChI=1S/C14H23N5O/c1-4-11-16-12(15-2)9-13(17-11)18(3)10-14(20)19-7-5-6-8-19/h9H,4-8,10H2,1-3H3,(H,15,16,17). The molecule has 0 spiro atoms. The number of anilines is 2. The van der Waals surface area contributed by atoms with Crippen molar-refractivity contribution in [2.75, 3.05) is 43.9 Å². The van der Waals surface area contributed by atoms with Gasteiger partial charge in [0, 0.05) is 39.7 Å². The molecule has 0 unspecified atom stereocenters. The highest BCUT2D eigenvalue weighted by Crippen LogP contribution is 2.16. The third-order valence-corrected chi connectivity index (χ3v) is 3.55. The largest absolute Gasteiger partial charge is 0.373 e. The van der Waals surface area contributed by atoms with Gasteiger partial charge in [0.1, 0.15) is 17.5 Å². The highest BCUT2D eigenvalue weighted by Gasteiger charge is 2.20. The van der Waals surface area contributed by atoms with Gasteiger partial charge in [-0.15, -0.1) is 0 Å². The number of carbonyl (C=O) groups excluding carboxylic acids is 1. The van der Waals surface area contributed by atoms with E-state index in [0.29, 0.717) is 6.54 Å². The minimum Gasteiger partial charge on any atom is -0.373 e. The van der Waals surface area contributed by atoms with E-state index >= 15 is 0 Å². The summed E-state index contributed by atoms with van der Waals surface area (Å²) in [7, 11) is 3.73. The van der Waals surface area contributed by atoms with Crippen LogP contribution in [0.4, 0.5) is 11.6 Å². The Morgan fingerprint density at radius 1 is 1.40 bits per heavy atom. The van der Waals surface area contributed by atoms with Gasteiger partial charge >= 0.3 is 0 Å². The van der Waals surface area contributed by atoms with E-state index < -0.39 is 0 Å². The first-order chi connectivity index (χ1) is 9.63. The molecule has 0 atom stereocenters. The molecule has 6 nitrogen and oxygen atoms in total. The van der Waals surface area contributed by atoms with Crippen LogP contribution in [0.1, 0.15) is 25.6 Å². The lowest BCUT2D eigenvalue weighted by molar-refractivity contribution is -0.128. The van der Waals surface area contributed by atoms with E-state index in [-0.39, 0.29) is 5.91 Å². The summed E-state index contributed by atoms with van der Waals surface area (Å²) in [4.78, 5) is 24.8. The van der Waals surface area contributed by atoms with Crippen molar-refractivity contribution in [1.29, 1.82) is 0 Å². The summed E-state index contributed by atoms with van der Waals surface area (Å²) in [6.45, 7) is 4.16. The third kappa shape index (κ3) is 3.37. The number of amides is 1. The van der Waals surface area contributed by atoms with E-state index in [2.05, 4.69) is 15.3 Å². The van der Waals surface area contributed by atoms with Crippen LogP contribution in [0.25, 0.3) is 0 Å². The van der Waals surface area contributed by atoms with Gasteiger partial charge in [0.25, 0.3) is 0 Å². The van der Waals surface area contributed by atoms with Gasteiger partial charge in [-0.2, -0.15) is 0 Å². The Bertz CT molecular complexity index is 448. The fourth-order valence-corrected chi connectivity index (χ4v) is 2.32. The smallest absolute Gasteiger partial charge is 0.242 e. The van der Waals surface area contributed by atoms with Crippen molar-refractivity contribution in [3.63, 3.8) is 0 Å². The second-order valence-corrected chi connectivity index (χ2v) is 5.08. The highest BCUT2D eigenvalue weighted by molar-refractivity contribution is 5.81. The minimum absolute atomic E-state index is 0.174. The van der Waals surface area contributed by atoms with Crippen LogP contribution >= 0.6 is 0 Å². The molecule has 1 saturated heterocycles. The second kappa shape index (κ2) is 6.54. The molecule has 0 aliphatic carbocycles. The van der Waals surface area contributed by atoms with E-state index in [1.54, 1.807) is 0 Å². The first kappa shape index (κ1) is 14.6. The zero-order chi connectivity index (χ0) is 14.5. The van der Waals surface area contributed by atoms with Crippen molar-refractivity contribution in [2.24, 2.45) is 0 Å². The van der Waals surface area contributed by atoms with Gasteiger partial charge in [0.05, 0.1) is 6.54 Å². The number of nitrogens with one attached hydrogen (secondary N) is 1. The Labute approximate surface area is 120 Å². The maximum absolute atomic E-state index is 12.2. The van der Waals surface area contributed by atoms with Crippen LogP contribution in [0, 0.1) is 0 Å². The number of carbonyl (C=O) groups is 1. The number of rotatable bonds is 5. The van der Waals surface area contributed by atoms with Crippen LogP contribution in [0.2, 0.25) is 0 Å². The molecule has 20 heavy (non-hydrogen) atoms. The Morgan fingerprint density at radius 2 is 2.10 bits per heavy atom. The molecule has 0 radical (unpaired) electrons. The van der Waals surface area contributed by atoms with Gasteiger partial charge in [-0.05, 0) is 12.8 Å². The van der Waals surface area contributed by atoms with E-state index in [0.717, 1.165) is 49.8 Å². The fourth-order valence-electron chi connectivity index (χ4n) is 2.32. The zero-order valence-corrected chi connectivity index (χ0v) is 12.5. The van der Waals surface area contributed by atoms with Crippen molar-refractivity contribution < 1.29 is 4.79 Å². The zero-order valence-electron chi connectivity index (χ0n) is 12.5. The first-order valence-electron chi connectivity index (χ1n) is 7.18. The minimum atomic E-state index is 0.174. The van der Waals surface area contributed by atoms with Crippen LogP contribution in [-0.4, -0.2) is 54.5 Å². The molecule has 6 heteroatoms. The van der Waals surface area contributed by atoms with Crippen LogP contribution in [-0.2, 0) is 11.2 Å². The lowest BCUT2D eigenvalue weighted by Crippen LogP contribution is -2.37. The van der Waals surface area contributed by atoms with Gasteiger partial charge in [-0.3, -0.25) is 4.79 Å². The predicted octanol–water partition coefficient (Wildman–Crippen LogP) is 1.14. The van der Waals surface area contributed by atoms with E-state index in [4.69, 9.17) is 0 Å². The summed E-state index contributed by atoms with van der Waals surface area (Å²) in [5, 5.41) is 3.03. The Morgan fingerprint density at radius 3 is 2.70 bits per heavy atom. The first-order valence-corrected chi connectivity index (χ1v) is 7.18. The van der Waals surface area contributed by atoms with Crippen molar-refractivity contribution in [1.82, 2.24) is 14.9 Å². The molecule has 2 heterocycles. The van der Waals surface area contributed by atoms with Crippen LogP contribution < -0.4 is 10.2 Å². The molecular formula is C14H23N5O. The van der Waals surface area contributed by atoms with E-state index in [1.165, 1.54) is 0 Å². The van der Waals surface area contributed by atoms with Crippen molar-refractivity contribution in [3.8, 4) is 0 Å². The maximum Gasteiger partial charge on any atom is 0.242 e. The molecule has 0 saturated carbocycles. The molecular weight excluding hydrogens is 254 g/mol. The molecule has 1 fully saturated rings. The summed E-state index contributed by atoms with van der Waals surface area (Å²) in [6, 6.07) is 1.87. The summed E-state index contributed by atoms with van der Waals surface area (Å²) in [6.07, 6.45) is 3.01. The van der Waals surface area contributed by atoms with Crippen LogP contribution in [0.3, 0.4) is 0 Å². The Hall–Kier alpha value is -1.85. The van der Waals surface area contributed by atoms with Gasteiger partial charge < -0.3 is 15.1 Å². The van der Waals surface area contributed by atoms with Gasteiger partial charge in [0.2, 0.25) is 5.91 Å². The topological polar surface area (TPSA) is 61.4 Å². The number of hydrogen-bond donors (Lipinski definition) is 1. The predicted molar refractivity (Wildman–Crippen MR) is 80.0 cm³/mol. The lowest BCUT2D eigenvalue weighted by Gasteiger charge is -2.22. The summed E-state index contributed by atoms with van der Waals surface area (Å²) < 4.78 is 0. The number of aryl methyl sites for hydroxylation is 1. The van der Waals surface area contributed by atoms with Crippen molar-refractivity contribution >= 4 is 17.5 Å². The number of likely N-dealkylation sites (tertiary alicyclic amines) is 1. The monoisotopic (exact) mass is 277 g/mol. The molecule has 1 aromatic heterocycles. The molecule has 1 aliphatic rings. The van der Waals surface area contributed by atoms with Gasteiger partial charge in [-0.1, -0.05) is 6.92 Å². The fraction of sp³-hybridized carbons (Fsp3) is 0.643. The van der Waals surface area contributed by atoms with E-state index in [1.807, 2.05) is 36.9 Å². The molecule has 1 N–H and O–H groups in total. The number of nitrogens with zero attached hydrogens (tertiary/aromatic N) is 4. The molecule has 1 amide bonds. The quantitative estimate of drug-likeness (QED) is 0.874. The average molecular weight is 277 g/mol. The molecule has 1 aliphatic heterocycles. The lowest BCUT2D eigenvalue weighted by atomic mass is 10.4. The maximum atomic E-state index is 12.2. The highest BCUT2D eigenvalue weighted by atomic mass is 16.2. The molecule has 0 aromatic carbocycles. The van der Waals surface area contributed by atoms with E-state index in [9.17, 15) is 4.79 Å². The van der Waals surface area contributed by atoms with Gasteiger partial charge in [-0.25, -0.2) is 9.97 Å². The summed E-state index contributed by atoms with van der Waals surface area (Å²) in [5.74, 6) is 2.53. The SMILES string of the molecule is CCc1nc(NC)cc(N(C)CC(=O)N2CCCC2)n1. The number of likely N-dealkylation sites (N-methyl/N-ethyl adjacent to an activating group) is 1. The van der Waals surface area contributed by atoms with Crippen LogP contribution in [0.5, 0.6) is 0 Å². The van der Waals surface area contributed by atoms with Crippen molar-refractivity contribution in [3.05, 3.63) is 11.9 Å².